The molecular formula is C21H25N3O. The van der Waals surface area contributed by atoms with Gasteiger partial charge in [0.25, 0.3) is 0 Å². The highest BCUT2D eigenvalue weighted by molar-refractivity contribution is 5.87. The van der Waals surface area contributed by atoms with Crippen LogP contribution in [0.15, 0.2) is 24.3 Å². The molecule has 1 amide bonds. The number of benzene rings is 1. The van der Waals surface area contributed by atoms with Crippen LogP contribution in [0.1, 0.15) is 55.7 Å². The lowest BCUT2D eigenvalue weighted by molar-refractivity contribution is -0.139. The van der Waals surface area contributed by atoms with Gasteiger partial charge in [0.2, 0.25) is 5.91 Å². The van der Waals surface area contributed by atoms with E-state index >= 15 is 0 Å². The first-order valence-electron chi connectivity index (χ1n) is 9.42. The number of aromatic amines is 1. The number of amides is 1. The zero-order valence-corrected chi connectivity index (χ0v) is 14.8. The van der Waals surface area contributed by atoms with E-state index < -0.39 is 5.41 Å². The number of aromatic nitrogens is 1. The summed E-state index contributed by atoms with van der Waals surface area (Å²) in [5.74, 6) is 0.573. The number of fused-ring (bicyclic) bond motifs is 1. The molecule has 130 valence electrons. The summed E-state index contributed by atoms with van der Waals surface area (Å²) in [7, 11) is 0. The van der Waals surface area contributed by atoms with Gasteiger partial charge in [-0.1, -0.05) is 31.0 Å². The van der Waals surface area contributed by atoms with E-state index in [9.17, 15) is 10.1 Å². The number of hydrogen-bond acceptors (Lipinski definition) is 2. The SMILES string of the molecule is Cc1[nH]c2ccccc2c1C1CCN(C(=O)C2(C#N)CCCC2)CC1. The van der Waals surface area contributed by atoms with Crippen molar-refractivity contribution in [3.05, 3.63) is 35.5 Å². The Morgan fingerprint density at radius 2 is 1.92 bits per heavy atom. The maximum Gasteiger partial charge on any atom is 0.243 e. The Hall–Kier alpha value is -2.28. The molecule has 4 nitrogen and oxygen atoms in total. The van der Waals surface area contributed by atoms with Crippen molar-refractivity contribution in [1.29, 1.82) is 5.26 Å². The topological polar surface area (TPSA) is 59.9 Å². The molecule has 0 bridgehead atoms. The van der Waals surface area contributed by atoms with E-state index in [1.807, 2.05) is 4.90 Å². The Balaban J connectivity index is 1.51. The lowest BCUT2D eigenvalue weighted by atomic mass is 9.83. The fraction of sp³-hybridized carbons (Fsp3) is 0.524. The van der Waals surface area contributed by atoms with Gasteiger partial charge in [0.05, 0.1) is 6.07 Å². The van der Waals surface area contributed by atoms with Crippen molar-refractivity contribution in [2.24, 2.45) is 5.41 Å². The predicted octanol–water partition coefficient (Wildman–Crippen LogP) is 4.27. The number of H-pyrrole nitrogens is 1. The maximum atomic E-state index is 12.9. The summed E-state index contributed by atoms with van der Waals surface area (Å²) in [6, 6.07) is 10.8. The summed E-state index contributed by atoms with van der Waals surface area (Å²) in [4.78, 5) is 18.4. The highest BCUT2D eigenvalue weighted by atomic mass is 16.2. The lowest BCUT2D eigenvalue weighted by Gasteiger charge is -2.36. The van der Waals surface area contributed by atoms with E-state index in [1.165, 1.54) is 22.2 Å². The largest absolute Gasteiger partial charge is 0.358 e. The first kappa shape index (κ1) is 16.2. The second-order valence-electron chi connectivity index (χ2n) is 7.68. The van der Waals surface area contributed by atoms with Crippen LogP contribution in [0.2, 0.25) is 0 Å². The number of likely N-dealkylation sites (tertiary alicyclic amines) is 1. The minimum Gasteiger partial charge on any atom is -0.358 e. The van der Waals surface area contributed by atoms with Crippen LogP contribution in [0, 0.1) is 23.7 Å². The van der Waals surface area contributed by atoms with Gasteiger partial charge in [-0.25, -0.2) is 0 Å². The molecule has 1 aromatic heterocycles. The van der Waals surface area contributed by atoms with Gasteiger partial charge in [0.1, 0.15) is 5.41 Å². The molecule has 2 aromatic rings. The number of nitrogens with zero attached hydrogens (tertiary/aromatic N) is 2. The number of nitrogens with one attached hydrogen (secondary N) is 1. The first-order valence-corrected chi connectivity index (χ1v) is 9.42. The van der Waals surface area contributed by atoms with E-state index in [2.05, 4.69) is 42.2 Å². The molecule has 1 aliphatic heterocycles. The number of carbonyl (C=O) groups excluding carboxylic acids is 1. The van der Waals surface area contributed by atoms with Gasteiger partial charge in [-0.05, 0) is 50.2 Å². The highest BCUT2D eigenvalue weighted by Crippen LogP contribution is 2.41. The van der Waals surface area contributed by atoms with Crippen LogP contribution >= 0.6 is 0 Å². The van der Waals surface area contributed by atoms with Gasteiger partial charge < -0.3 is 9.88 Å². The number of nitriles is 1. The summed E-state index contributed by atoms with van der Waals surface area (Å²) in [6.07, 6.45) is 5.45. The average Bonchev–Trinajstić information content (AvgIpc) is 3.25. The van der Waals surface area contributed by atoms with Gasteiger partial charge in [-0.15, -0.1) is 0 Å². The summed E-state index contributed by atoms with van der Waals surface area (Å²) in [5, 5.41) is 10.9. The van der Waals surface area contributed by atoms with Gasteiger partial charge in [-0.3, -0.25) is 4.79 Å². The summed E-state index contributed by atoms with van der Waals surface area (Å²) >= 11 is 0. The third-order valence-electron chi connectivity index (χ3n) is 6.21. The summed E-state index contributed by atoms with van der Waals surface area (Å²) in [5.41, 5.74) is 3.13. The molecule has 2 aliphatic rings. The minimum absolute atomic E-state index is 0.0848. The smallest absolute Gasteiger partial charge is 0.243 e. The summed E-state index contributed by atoms with van der Waals surface area (Å²) in [6.45, 7) is 3.69. The van der Waals surface area contributed by atoms with Crippen LogP contribution in [0.4, 0.5) is 0 Å². The van der Waals surface area contributed by atoms with Crippen molar-refractivity contribution in [2.75, 3.05) is 13.1 Å². The second-order valence-corrected chi connectivity index (χ2v) is 7.68. The lowest BCUT2D eigenvalue weighted by Crippen LogP contribution is -2.45. The first-order chi connectivity index (χ1) is 12.1. The molecule has 1 saturated heterocycles. The molecule has 1 saturated carbocycles. The average molecular weight is 335 g/mol. The van der Waals surface area contributed by atoms with Crippen LogP contribution < -0.4 is 0 Å². The molecule has 0 spiro atoms. The number of hydrogen-bond donors (Lipinski definition) is 1. The van der Waals surface area contributed by atoms with Crippen LogP contribution in [0.5, 0.6) is 0 Å². The van der Waals surface area contributed by atoms with Crippen molar-refractivity contribution < 1.29 is 4.79 Å². The minimum atomic E-state index is -0.733. The van der Waals surface area contributed by atoms with Crippen LogP contribution in [0.3, 0.4) is 0 Å². The Labute approximate surface area is 148 Å². The van der Waals surface area contributed by atoms with Crippen LogP contribution in [-0.4, -0.2) is 28.9 Å². The van der Waals surface area contributed by atoms with Crippen LogP contribution in [0.25, 0.3) is 10.9 Å². The fourth-order valence-electron chi connectivity index (χ4n) is 4.85. The molecule has 2 heterocycles. The number of piperidine rings is 1. The standard InChI is InChI=1S/C21H25N3O/c1-15-19(17-6-2-3-7-18(17)23-15)16-8-12-24(13-9-16)20(25)21(14-22)10-4-5-11-21/h2-3,6-7,16,23H,4-5,8-13H2,1H3. The maximum absolute atomic E-state index is 12.9. The molecule has 4 heteroatoms. The molecule has 1 aromatic carbocycles. The van der Waals surface area contributed by atoms with E-state index in [0.29, 0.717) is 5.92 Å². The summed E-state index contributed by atoms with van der Waals surface area (Å²) < 4.78 is 0. The molecule has 25 heavy (non-hydrogen) atoms. The number of aryl methyl sites for hydroxylation is 1. The van der Waals surface area contributed by atoms with Crippen LogP contribution in [-0.2, 0) is 4.79 Å². The van der Waals surface area contributed by atoms with Crippen molar-refractivity contribution in [3.8, 4) is 6.07 Å². The fourth-order valence-corrected chi connectivity index (χ4v) is 4.85. The van der Waals surface area contributed by atoms with E-state index in [0.717, 1.165) is 51.6 Å². The van der Waals surface area contributed by atoms with Gasteiger partial charge >= 0.3 is 0 Å². The third kappa shape index (κ3) is 2.63. The van der Waals surface area contributed by atoms with E-state index in [-0.39, 0.29) is 5.91 Å². The zero-order chi connectivity index (χ0) is 17.4. The van der Waals surface area contributed by atoms with Crippen molar-refractivity contribution in [2.45, 2.75) is 51.4 Å². The van der Waals surface area contributed by atoms with Gasteiger partial charge in [0, 0.05) is 29.7 Å². The molecule has 0 unspecified atom stereocenters. The Morgan fingerprint density at radius 1 is 1.24 bits per heavy atom. The second kappa shape index (κ2) is 6.22. The molecule has 1 aliphatic carbocycles. The number of rotatable bonds is 2. The molecule has 2 fully saturated rings. The Kier molecular flexibility index (Phi) is 4.03. The van der Waals surface area contributed by atoms with Gasteiger partial charge in [-0.2, -0.15) is 5.26 Å². The van der Waals surface area contributed by atoms with Crippen molar-refractivity contribution >= 4 is 16.8 Å². The van der Waals surface area contributed by atoms with E-state index in [1.54, 1.807) is 0 Å². The molecule has 4 rings (SSSR count). The molecule has 0 radical (unpaired) electrons. The van der Waals surface area contributed by atoms with Gasteiger partial charge in [0.15, 0.2) is 0 Å². The normalized spacial score (nSPS) is 20.7. The number of carbonyl (C=O) groups is 1. The van der Waals surface area contributed by atoms with Crippen molar-refractivity contribution in [3.63, 3.8) is 0 Å². The predicted molar refractivity (Wildman–Crippen MR) is 98.1 cm³/mol. The number of para-hydroxylation sites is 1. The Bertz CT molecular complexity index is 830. The highest BCUT2D eigenvalue weighted by Gasteiger charge is 2.44. The Morgan fingerprint density at radius 3 is 2.60 bits per heavy atom. The third-order valence-corrected chi connectivity index (χ3v) is 6.21. The van der Waals surface area contributed by atoms with Crippen molar-refractivity contribution in [1.82, 2.24) is 9.88 Å². The molecule has 1 N–H and O–H groups in total. The molecular weight excluding hydrogens is 310 g/mol. The quantitative estimate of drug-likeness (QED) is 0.891. The zero-order valence-electron chi connectivity index (χ0n) is 14.8. The monoisotopic (exact) mass is 335 g/mol. The van der Waals surface area contributed by atoms with E-state index in [4.69, 9.17) is 0 Å². The molecule has 0 atom stereocenters.